The van der Waals surface area contributed by atoms with Crippen molar-refractivity contribution in [3.05, 3.63) is 76.2 Å². The van der Waals surface area contributed by atoms with Crippen molar-refractivity contribution in [3.8, 4) is 0 Å². The second-order valence-corrected chi connectivity index (χ2v) is 4.44. The van der Waals surface area contributed by atoms with E-state index in [1.54, 1.807) is 24.4 Å². The maximum atomic E-state index is 13.2. The van der Waals surface area contributed by atoms with Crippen LogP contribution in [0.4, 0.5) is 8.78 Å². The summed E-state index contributed by atoms with van der Waals surface area (Å²) in [4.78, 5) is 12.2. The van der Waals surface area contributed by atoms with Crippen molar-refractivity contribution < 1.29 is 8.78 Å². The van der Waals surface area contributed by atoms with E-state index >= 15 is 0 Å². The first kappa shape index (κ1) is 12.5. The van der Waals surface area contributed by atoms with Crippen LogP contribution in [0.3, 0.4) is 0 Å². The van der Waals surface area contributed by atoms with Crippen molar-refractivity contribution in [1.29, 1.82) is 0 Å². The molecular weight excluding hydrogens is 262 g/mol. The molecule has 0 bridgehead atoms. The summed E-state index contributed by atoms with van der Waals surface area (Å²) in [5, 5.41) is 5.34. The fourth-order valence-electron chi connectivity index (χ4n) is 2.05. The fraction of sp³-hybridized carbons (Fsp3) is 0.0667. The van der Waals surface area contributed by atoms with E-state index < -0.39 is 11.6 Å². The predicted molar refractivity (Wildman–Crippen MR) is 71.5 cm³/mol. The van der Waals surface area contributed by atoms with Crippen LogP contribution in [0.1, 0.15) is 5.56 Å². The first-order valence-electron chi connectivity index (χ1n) is 6.04. The third-order valence-electron chi connectivity index (χ3n) is 3.08. The Labute approximate surface area is 113 Å². The smallest absolute Gasteiger partial charge is 0.267 e. The molecule has 0 unspecified atom stereocenters. The highest BCUT2D eigenvalue weighted by molar-refractivity contribution is 5.80. The van der Waals surface area contributed by atoms with Crippen molar-refractivity contribution in [2.24, 2.45) is 0 Å². The Morgan fingerprint density at radius 3 is 2.65 bits per heavy atom. The molecular formula is C15H10F2N2O. The summed E-state index contributed by atoms with van der Waals surface area (Å²) in [7, 11) is 0. The standard InChI is InChI=1S/C15H10F2N2O/c16-13-6-5-10(7-14(13)17)9-19-15(20)12-4-2-1-3-11(12)8-18-19/h1-8H,9H2. The molecule has 0 saturated carbocycles. The van der Waals surface area contributed by atoms with E-state index in [0.29, 0.717) is 10.9 Å². The lowest BCUT2D eigenvalue weighted by Gasteiger charge is -2.06. The van der Waals surface area contributed by atoms with E-state index in [-0.39, 0.29) is 12.1 Å². The van der Waals surface area contributed by atoms with Gasteiger partial charge in [-0.25, -0.2) is 13.5 Å². The van der Waals surface area contributed by atoms with E-state index in [2.05, 4.69) is 5.10 Å². The van der Waals surface area contributed by atoms with Gasteiger partial charge in [-0.15, -0.1) is 0 Å². The van der Waals surface area contributed by atoms with Crippen LogP contribution in [-0.4, -0.2) is 9.78 Å². The molecule has 5 heteroatoms. The molecule has 1 aromatic heterocycles. The summed E-state index contributed by atoms with van der Waals surface area (Å²) in [5.41, 5.74) is 0.224. The van der Waals surface area contributed by atoms with Crippen LogP contribution in [-0.2, 0) is 6.54 Å². The van der Waals surface area contributed by atoms with Crippen LogP contribution in [0, 0.1) is 11.6 Å². The normalized spacial score (nSPS) is 10.9. The van der Waals surface area contributed by atoms with E-state index in [1.165, 1.54) is 10.7 Å². The number of hydrogen-bond acceptors (Lipinski definition) is 2. The summed E-state index contributed by atoms with van der Waals surface area (Å²) < 4.78 is 27.2. The van der Waals surface area contributed by atoms with Gasteiger partial charge in [-0.3, -0.25) is 4.79 Å². The molecule has 0 amide bonds. The third-order valence-corrected chi connectivity index (χ3v) is 3.08. The molecule has 1 heterocycles. The molecule has 0 atom stereocenters. The molecule has 0 spiro atoms. The molecule has 0 radical (unpaired) electrons. The van der Waals surface area contributed by atoms with Gasteiger partial charge in [0.25, 0.3) is 5.56 Å². The third kappa shape index (κ3) is 2.18. The average Bonchev–Trinajstić information content (AvgIpc) is 2.46. The van der Waals surface area contributed by atoms with E-state index in [0.717, 1.165) is 17.5 Å². The first-order chi connectivity index (χ1) is 9.65. The lowest BCUT2D eigenvalue weighted by Crippen LogP contribution is -2.23. The predicted octanol–water partition coefficient (Wildman–Crippen LogP) is 2.72. The monoisotopic (exact) mass is 272 g/mol. The number of fused-ring (bicyclic) bond motifs is 1. The van der Waals surface area contributed by atoms with E-state index in [9.17, 15) is 13.6 Å². The van der Waals surface area contributed by atoms with Crippen LogP contribution in [0.2, 0.25) is 0 Å². The lowest BCUT2D eigenvalue weighted by atomic mass is 10.2. The van der Waals surface area contributed by atoms with E-state index in [1.807, 2.05) is 6.07 Å². The minimum absolute atomic E-state index is 0.0981. The number of aromatic nitrogens is 2. The quantitative estimate of drug-likeness (QED) is 0.719. The minimum atomic E-state index is -0.934. The van der Waals surface area contributed by atoms with Crippen LogP contribution in [0.15, 0.2) is 53.5 Å². The van der Waals surface area contributed by atoms with Gasteiger partial charge in [-0.2, -0.15) is 5.10 Å². The second kappa shape index (κ2) is 4.85. The largest absolute Gasteiger partial charge is 0.274 e. The van der Waals surface area contributed by atoms with Gasteiger partial charge in [-0.1, -0.05) is 24.3 Å². The van der Waals surface area contributed by atoms with Gasteiger partial charge in [0.05, 0.1) is 18.1 Å². The highest BCUT2D eigenvalue weighted by Gasteiger charge is 2.07. The van der Waals surface area contributed by atoms with Crippen molar-refractivity contribution in [3.63, 3.8) is 0 Å². The molecule has 0 saturated heterocycles. The van der Waals surface area contributed by atoms with E-state index in [4.69, 9.17) is 0 Å². The van der Waals surface area contributed by atoms with Gasteiger partial charge >= 0.3 is 0 Å². The van der Waals surface area contributed by atoms with Gasteiger partial charge in [0.2, 0.25) is 0 Å². The summed E-state index contributed by atoms with van der Waals surface area (Å²) in [6.07, 6.45) is 1.58. The molecule has 3 nitrogen and oxygen atoms in total. The van der Waals surface area contributed by atoms with Crippen LogP contribution < -0.4 is 5.56 Å². The zero-order chi connectivity index (χ0) is 14.1. The zero-order valence-electron chi connectivity index (χ0n) is 10.4. The number of benzene rings is 2. The summed E-state index contributed by atoms with van der Waals surface area (Å²) in [6.45, 7) is 0.0981. The molecule has 0 aliphatic carbocycles. The number of nitrogens with zero attached hydrogens (tertiary/aromatic N) is 2. The Bertz CT molecular complexity index is 843. The summed E-state index contributed by atoms with van der Waals surface area (Å²) in [6, 6.07) is 10.6. The van der Waals surface area contributed by atoms with Gasteiger partial charge < -0.3 is 0 Å². The molecule has 100 valence electrons. The number of hydrogen-bond donors (Lipinski definition) is 0. The Kier molecular flexibility index (Phi) is 3.02. The average molecular weight is 272 g/mol. The fourth-order valence-corrected chi connectivity index (χ4v) is 2.05. The summed E-state index contributed by atoms with van der Waals surface area (Å²) in [5.74, 6) is -1.84. The lowest BCUT2D eigenvalue weighted by molar-refractivity contribution is 0.505. The maximum Gasteiger partial charge on any atom is 0.274 e. The Morgan fingerprint density at radius 2 is 1.85 bits per heavy atom. The molecule has 0 aliphatic heterocycles. The SMILES string of the molecule is O=c1c2ccccc2cnn1Cc1ccc(F)c(F)c1. The molecule has 2 aromatic carbocycles. The van der Waals surface area contributed by atoms with Crippen molar-refractivity contribution in [2.75, 3.05) is 0 Å². The molecule has 20 heavy (non-hydrogen) atoms. The molecule has 0 fully saturated rings. The van der Waals surface area contributed by atoms with Gasteiger partial charge in [-0.05, 0) is 23.8 Å². The Balaban J connectivity index is 2.04. The molecule has 0 N–H and O–H groups in total. The first-order valence-corrected chi connectivity index (χ1v) is 6.04. The topological polar surface area (TPSA) is 34.9 Å². The van der Waals surface area contributed by atoms with Crippen LogP contribution in [0.5, 0.6) is 0 Å². The highest BCUT2D eigenvalue weighted by Crippen LogP contribution is 2.10. The molecule has 3 aromatic rings. The van der Waals surface area contributed by atoms with Gasteiger partial charge in [0, 0.05) is 5.39 Å². The van der Waals surface area contributed by atoms with Gasteiger partial charge in [0.15, 0.2) is 11.6 Å². The van der Waals surface area contributed by atoms with Crippen molar-refractivity contribution >= 4 is 10.8 Å². The maximum absolute atomic E-state index is 13.2. The molecule has 3 rings (SSSR count). The Morgan fingerprint density at radius 1 is 1.05 bits per heavy atom. The Hall–Kier alpha value is -2.56. The van der Waals surface area contributed by atoms with Crippen molar-refractivity contribution in [1.82, 2.24) is 9.78 Å². The van der Waals surface area contributed by atoms with Gasteiger partial charge in [0.1, 0.15) is 0 Å². The van der Waals surface area contributed by atoms with Crippen molar-refractivity contribution in [2.45, 2.75) is 6.54 Å². The molecule has 0 aliphatic rings. The van der Waals surface area contributed by atoms with Crippen LogP contribution in [0.25, 0.3) is 10.8 Å². The highest BCUT2D eigenvalue weighted by atomic mass is 19.2. The van der Waals surface area contributed by atoms with Crippen LogP contribution >= 0.6 is 0 Å². The number of halogens is 2. The zero-order valence-corrected chi connectivity index (χ0v) is 10.4. The summed E-state index contributed by atoms with van der Waals surface area (Å²) >= 11 is 0. The number of rotatable bonds is 2. The second-order valence-electron chi connectivity index (χ2n) is 4.44. The minimum Gasteiger partial charge on any atom is -0.267 e.